The van der Waals surface area contributed by atoms with Crippen molar-refractivity contribution in [3.8, 4) is 0 Å². The summed E-state index contributed by atoms with van der Waals surface area (Å²) in [5.74, 6) is 0.398. The van der Waals surface area contributed by atoms with Crippen molar-refractivity contribution in [3.63, 3.8) is 0 Å². The van der Waals surface area contributed by atoms with Crippen LogP contribution in [-0.4, -0.2) is 41.5 Å². The lowest BCUT2D eigenvalue weighted by atomic mass is 9.91. The second-order valence-electron chi connectivity index (χ2n) is 7.12. The van der Waals surface area contributed by atoms with Gasteiger partial charge in [-0.05, 0) is 30.4 Å². The van der Waals surface area contributed by atoms with Crippen LogP contribution in [0.15, 0.2) is 23.1 Å². The van der Waals surface area contributed by atoms with Crippen molar-refractivity contribution in [1.29, 1.82) is 0 Å². The average Bonchev–Trinajstić information content (AvgIpc) is 2.55. The van der Waals surface area contributed by atoms with E-state index in [9.17, 15) is 14.3 Å². The number of aromatic amines is 1. The minimum absolute atomic E-state index is 0.0417. The summed E-state index contributed by atoms with van der Waals surface area (Å²) < 4.78 is 18.4. The van der Waals surface area contributed by atoms with Gasteiger partial charge in [0, 0.05) is 25.0 Å². The zero-order chi connectivity index (χ0) is 17.0. The lowest BCUT2D eigenvalue weighted by molar-refractivity contribution is 0.0156. The van der Waals surface area contributed by atoms with Gasteiger partial charge in [0.05, 0.1) is 24.9 Å². The van der Waals surface area contributed by atoms with Crippen molar-refractivity contribution in [1.82, 2.24) is 10.3 Å². The number of rotatable bonds is 5. The molecule has 24 heavy (non-hydrogen) atoms. The molecule has 1 aliphatic carbocycles. The lowest BCUT2D eigenvalue weighted by Gasteiger charge is -2.32. The predicted molar refractivity (Wildman–Crippen MR) is 93.7 cm³/mol. The van der Waals surface area contributed by atoms with Crippen LogP contribution in [0.25, 0.3) is 0 Å². The summed E-state index contributed by atoms with van der Waals surface area (Å²) in [6.07, 6.45) is 7.83. The zero-order valence-corrected chi connectivity index (χ0v) is 14.8. The summed E-state index contributed by atoms with van der Waals surface area (Å²) in [5, 5.41) is 3.33. The van der Waals surface area contributed by atoms with Crippen LogP contribution in [0.3, 0.4) is 0 Å². The molecule has 1 saturated heterocycles. The molecule has 0 amide bonds. The molecule has 6 nitrogen and oxygen atoms in total. The second kappa shape index (κ2) is 7.96. The van der Waals surface area contributed by atoms with E-state index in [-0.39, 0.29) is 23.9 Å². The highest BCUT2D eigenvalue weighted by atomic mass is 31.2. The van der Waals surface area contributed by atoms with Crippen LogP contribution in [0, 0.1) is 5.92 Å². The molecule has 3 rings (SSSR count). The molecule has 7 heteroatoms. The smallest absolute Gasteiger partial charge is 0.248 e. The quantitative estimate of drug-likeness (QED) is 0.706. The molecule has 2 aliphatic rings. The molecule has 0 spiro atoms. The summed E-state index contributed by atoms with van der Waals surface area (Å²) in [6.45, 7) is 0.949. The molecule has 3 atom stereocenters. The van der Waals surface area contributed by atoms with E-state index in [0.29, 0.717) is 25.2 Å². The first kappa shape index (κ1) is 17.9. The minimum atomic E-state index is -3.15. The summed E-state index contributed by atoms with van der Waals surface area (Å²) in [4.78, 5) is 24.3. The van der Waals surface area contributed by atoms with E-state index < -0.39 is 7.37 Å². The summed E-state index contributed by atoms with van der Waals surface area (Å²) in [5.41, 5.74) is 0.746. The first-order chi connectivity index (χ1) is 11.5. The van der Waals surface area contributed by atoms with Crippen LogP contribution < -0.4 is 10.9 Å². The van der Waals surface area contributed by atoms with Gasteiger partial charge in [-0.1, -0.05) is 19.3 Å². The number of pyridine rings is 1. The number of morpholine rings is 1. The van der Waals surface area contributed by atoms with Gasteiger partial charge in [0.2, 0.25) is 12.9 Å². The third-order valence-electron chi connectivity index (χ3n) is 5.05. The number of hydrogen-bond acceptors (Lipinski definition) is 4. The standard InChI is InChI=1S/C17H27N2O4P/c20-17-8-14(6-7-18-17)16-10-23-15(9-19-16)12-24(21,22)11-13-4-2-1-3-5-13/h6-8,13,15-16,19H,1-5,9-12H2,(H,18,20)(H,21,22)/t15-,16-/m1/s1. The van der Waals surface area contributed by atoms with Crippen molar-refractivity contribution >= 4 is 7.37 Å². The average molecular weight is 354 g/mol. The molecule has 1 unspecified atom stereocenters. The highest BCUT2D eigenvalue weighted by molar-refractivity contribution is 7.58. The molecule has 2 fully saturated rings. The molecule has 1 aromatic heterocycles. The summed E-state index contributed by atoms with van der Waals surface area (Å²) in [6, 6.07) is 3.37. The van der Waals surface area contributed by atoms with E-state index in [2.05, 4.69) is 10.3 Å². The summed E-state index contributed by atoms with van der Waals surface area (Å²) in [7, 11) is -3.15. The molecule has 0 aromatic carbocycles. The topological polar surface area (TPSA) is 91.4 Å². The van der Waals surface area contributed by atoms with E-state index in [1.165, 1.54) is 19.3 Å². The fraction of sp³-hybridized carbons (Fsp3) is 0.706. The fourth-order valence-electron chi connectivity index (χ4n) is 3.80. The van der Waals surface area contributed by atoms with Gasteiger partial charge in [-0.2, -0.15) is 0 Å². The van der Waals surface area contributed by atoms with E-state index in [1.807, 2.05) is 6.07 Å². The molecule has 1 saturated carbocycles. The molecule has 2 heterocycles. The Balaban J connectivity index is 1.49. The Morgan fingerprint density at radius 3 is 2.71 bits per heavy atom. The number of aromatic nitrogens is 1. The van der Waals surface area contributed by atoms with Crippen LogP contribution in [0.1, 0.15) is 43.7 Å². The van der Waals surface area contributed by atoms with Crippen LogP contribution in [0.5, 0.6) is 0 Å². The number of hydrogen-bond donors (Lipinski definition) is 3. The van der Waals surface area contributed by atoms with E-state index in [1.54, 1.807) is 12.3 Å². The Kier molecular flexibility index (Phi) is 5.93. The third-order valence-corrected chi connectivity index (χ3v) is 7.11. The highest BCUT2D eigenvalue weighted by Crippen LogP contribution is 2.46. The maximum Gasteiger partial charge on any atom is 0.248 e. The summed E-state index contributed by atoms with van der Waals surface area (Å²) >= 11 is 0. The molecular weight excluding hydrogens is 327 g/mol. The van der Waals surface area contributed by atoms with Gasteiger partial charge >= 0.3 is 0 Å². The molecule has 134 valence electrons. The van der Waals surface area contributed by atoms with Gasteiger partial charge in [-0.3, -0.25) is 9.36 Å². The van der Waals surface area contributed by atoms with Crippen LogP contribution >= 0.6 is 7.37 Å². The first-order valence-corrected chi connectivity index (χ1v) is 10.9. The van der Waals surface area contributed by atoms with Gasteiger partial charge in [0.15, 0.2) is 0 Å². The minimum Gasteiger partial charge on any atom is -0.374 e. The maximum absolute atomic E-state index is 12.5. The van der Waals surface area contributed by atoms with Gasteiger partial charge in [-0.15, -0.1) is 0 Å². The Morgan fingerprint density at radius 1 is 1.25 bits per heavy atom. The molecule has 3 N–H and O–H groups in total. The Morgan fingerprint density at radius 2 is 2.04 bits per heavy atom. The Bertz CT molecular complexity index is 633. The monoisotopic (exact) mass is 354 g/mol. The predicted octanol–water partition coefficient (Wildman–Crippen LogP) is 2.26. The van der Waals surface area contributed by atoms with E-state index in [4.69, 9.17) is 4.74 Å². The van der Waals surface area contributed by atoms with Crippen LogP contribution in [0.2, 0.25) is 0 Å². The van der Waals surface area contributed by atoms with Crippen molar-refractivity contribution in [3.05, 3.63) is 34.2 Å². The van der Waals surface area contributed by atoms with Gasteiger partial charge in [0.25, 0.3) is 0 Å². The number of nitrogens with one attached hydrogen (secondary N) is 2. The molecular formula is C17H27N2O4P. The second-order valence-corrected chi connectivity index (χ2v) is 9.54. The lowest BCUT2D eigenvalue weighted by Crippen LogP contribution is -2.43. The SMILES string of the molecule is O=c1cc([C@H]2CO[C@@H](CP(=O)(O)CC3CCCCC3)CN2)cc[nH]1. The van der Waals surface area contributed by atoms with Gasteiger partial charge in [-0.25, -0.2) is 0 Å². The number of H-pyrrole nitrogens is 1. The Labute approximate surface area is 142 Å². The molecule has 0 radical (unpaired) electrons. The van der Waals surface area contributed by atoms with Gasteiger partial charge in [0.1, 0.15) is 0 Å². The van der Waals surface area contributed by atoms with Crippen molar-refractivity contribution in [2.24, 2.45) is 5.92 Å². The highest BCUT2D eigenvalue weighted by Gasteiger charge is 2.31. The fourth-order valence-corrected chi connectivity index (χ4v) is 5.99. The first-order valence-electron chi connectivity index (χ1n) is 8.86. The molecule has 1 aromatic rings. The normalized spacial score (nSPS) is 28.4. The maximum atomic E-state index is 12.5. The number of ether oxygens (including phenoxy) is 1. The van der Waals surface area contributed by atoms with Crippen molar-refractivity contribution in [2.45, 2.75) is 44.2 Å². The van der Waals surface area contributed by atoms with E-state index >= 15 is 0 Å². The van der Waals surface area contributed by atoms with Gasteiger partial charge < -0.3 is 19.9 Å². The van der Waals surface area contributed by atoms with Crippen LogP contribution in [-0.2, 0) is 9.30 Å². The van der Waals surface area contributed by atoms with Crippen molar-refractivity contribution in [2.75, 3.05) is 25.5 Å². The largest absolute Gasteiger partial charge is 0.374 e. The van der Waals surface area contributed by atoms with Crippen molar-refractivity contribution < 1.29 is 14.2 Å². The molecule has 1 aliphatic heterocycles. The third kappa shape index (κ3) is 5.03. The molecule has 0 bridgehead atoms. The van der Waals surface area contributed by atoms with E-state index in [0.717, 1.165) is 18.4 Å². The van der Waals surface area contributed by atoms with Crippen LogP contribution in [0.4, 0.5) is 0 Å². The Hall–Kier alpha value is -0.940. The zero-order valence-electron chi connectivity index (χ0n) is 13.9.